The maximum atomic E-state index is 11.1. The van der Waals surface area contributed by atoms with E-state index in [9.17, 15) is 9.90 Å². The summed E-state index contributed by atoms with van der Waals surface area (Å²) in [6.07, 6.45) is 3.45. The Labute approximate surface area is 238 Å². The fourth-order valence-electron chi connectivity index (χ4n) is 4.55. The minimum atomic E-state index is -0.554. The molecule has 7 heteroatoms. The third-order valence-electron chi connectivity index (χ3n) is 6.22. The summed E-state index contributed by atoms with van der Waals surface area (Å²) < 4.78 is 6.43. The second kappa shape index (κ2) is 12.4. The Bertz CT molecular complexity index is 1310. The molecule has 0 aliphatic heterocycles. The van der Waals surface area contributed by atoms with Crippen molar-refractivity contribution in [1.82, 2.24) is 4.98 Å². The standard InChI is InChI=1S/C30H27NO5.Na/c1-20(32)35-36-26-14-8-9-21(18-26)17-24-15-16-25(33)19-27(24)30-31-28(22-10-4-2-5-11-22)29(34-30)23-12-6-3-7-13-23;/h2-14,18-19,24-25,33H,15-17H2,1H3;/t24-,25?;/m0./s1. The smallest absolute Gasteiger partial charge is 0.352 e. The molecular weight excluding hydrogens is 477 g/mol. The monoisotopic (exact) mass is 504 g/mol. The Kier molecular flexibility index (Phi) is 9.00. The van der Waals surface area contributed by atoms with Crippen LogP contribution in [0.3, 0.4) is 0 Å². The molecule has 1 heterocycles. The molecule has 0 fully saturated rings. The minimum Gasteiger partial charge on any atom is -0.436 e. The molecule has 37 heavy (non-hydrogen) atoms. The zero-order valence-corrected chi connectivity index (χ0v) is 23.0. The number of carbonyl (C=O) groups is 1. The normalized spacial score (nSPS) is 16.9. The van der Waals surface area contributed by atoms with Crippen molar-refractivity contribution < 1.29 is 24.1 Å². The summed E-state index contributed by atoms with van der Waals surface area (Å²) in [7, 11) is 0. The van der Waals surface area contributed by atoms with Crippen LogP contribution < -0.4 is 4.89 Å². The van der Waals surface area contributed by atoms with Gasteiger partial charge in [0.15, 0.2) is 11.5 Å². The van der Waals surface area contributed by atoms with E-state index in [0.29, 0.717) is 30.2 Å². The molecule has 2 atom stereocenters. The van der Waals surface area contributed by atoms with Crippen molar-refractivity contribution in [3.8, 4) is 28.3 Å². The minimum absolute atomic E-state index is 0. The average Bonchev–Trinajstić information content (AvgIpc) is 3.35. The zero-order valence-electron chi connectivity index (χ0n) is 21.0. The number of hydrogen-bond acceptors (Lipinski definition) is 6. The van der Waals surface area contributed by atoms with Crippen molar-refractivity contribution in [2.75, 3.05) is 0 Å². The van der Waals surface area contributed by atoms with Crippen LogP contribution in [0.5, 0.6) is 5.75 Å². The van der Waals surface area contributed by atoms with Crippen molar-refractivity contribution in [2.45, 2.75) is 32.3 Å². The summed E-state index contributed by atoms with van der Waals surface area (Å²) in [6.45, 7) is 1.29. The van der Waals surface area contributed by atoms with Crippen LogP contribution in [0.25, 0.3) is 28.2 Å². The molecule has 1 N–H and O–H groups in total. The van der Waals surface area contributed by atoms with Crippen molar-refractivity contribution in [2.24, 2.45) is 5.92 Å². The predicted molar refractivity (Wildman–Crippen MR) is 142 cm³/mol. The molecule has 4 aromatic rings. The topological polar surface area (TPSA) is 81.8 Å². The van der Waals surface area contributed by atoms with E-state index < -0.39 is 12.1 Å². The molecule has 183 valence electrons. The second-order valence-corrected chi connectivity index (χ2v) is 8.90. The van der Waals surface area contributed by atoms with Gasteiger partial charge in [-0.3, -0.25) is 9.78 Å². The Morgan fingerprint density at radius 3 is 2.38 bits per heavy atom. The van der Waals surface area contributed by atoms with Crippen LogP contribution in [0.4, 0.5) is 0 Å². The Hall–Kier alpha value is -3.16. The van der Waals surface area contributed by atoms with Gasteiger partial charge in [-0.2, -0.15) is 0 Å². The van der Waals surface area contributed by atoms with Crippen LogP contribution in [0.2, 0.25) is 0 Å². The number of oxazole rings is 1. The van der Waals surface area contributed by atoms with E-state index in [1.54, 1.807) is 6.07 Å². The number of aliphatic hydroxyl groups excluding tert-OH is 1. The molecule has 6 nitrogen and oxygen atoms in total. The molecule has 0 saturated carbocycles. The molecule has 3 aromatic carbocycles. The molecule has 0 saturated heterocycles. The van der Waals surface area contributed by atoms with Crippen LogP contribution in [0, 0.1) is 5.92 Å². The van der Waals surface area contributed by atoms with E-state index in [1.807, 2.05) is 84.9 Å². The quantitative estimate of drug-likeness (QED) is 0.192. The van der Waals surface area contributed by atoms with Crippen LogP contribution >= 0.6 is 0 Å². The first-order chi connectivity index (χ1) is 17.6. The Balaban J connectivity index is 0.00000320. The summed E-state index contributed by atoms with van der Waals surface area (Å²) in [5.41, 5.74) is 4.59. The Morgan fingerprint density at radius 2 is 1.68 bits per heavy atom. The summed E-state index contributed by atoms with van der Waals surface area (Å²) >= 11 is 0. The van der Waals surface area contributed by atoms with E-state index in [4.69, 9.17) is 14.3 Å². The first kappa shape index (κ1) is 26.9. The number of carbonyl (C=O) groups excluding carboxylic acids is 1. The molecule has 0 bridgehead atoms. The number of rotatable bonds is 7. The summed E-state index contributed by atoms with van der Waals surface area (Å²) in [6, 6.07) is 27.4. The third-order valence-corrected chi connectivity index (χ3v) is 6.22. The second-order valence-electron chi connectivity index (χ2n) is 8.90. The number of benzene rings is 3. The van der Waals surface area contributed by atoms with Gasteiger partial charge >= 0.3 is 5.97 Å². The van der Waals surface area contributed by atoms with Crippen molar-refractivity contribution in [3.05, 3.63) is 102 Å². The van der Waals surface area contributed by atoms with Gasteiger partial charge in [0.2, 0.25) is 5.89 Å². The summed E-state index contributed by atoms with van der Waals surface area (Å²) in [4.78, 5) is 25.8. The van der Waals surface area contributed by atoms with Gasteiger partial charge in [0.05, 0.1) is 6.10 Å². The Morgan fingerprint density at radius 1 is 0.973 bits per heavy atom. The fourth-order valence-corrected chi connectivity index (χ4v) is 4.55. The number of aliphatic hydroxyl groups is 1. The molecule has 0 amide bonds. The maximum Gasteiger partial charge on any atom is 0.352 e. The van der Waals surface area contributed by atoms with Crippen LogP contribution in [0.1, 0.15) is 31.2 Å². The first-order valence-corrected chi connectivity index (χ1v) is 12.0. The number of nitrogens with zero attached hydrogens (tertiary/aromatic N) is 1. The predicted octanol–water partition coefficient (Wildman–Crippen LogP) is 5.88. The SMILES string of the molecule is CC(=O)OOc1cccc(C[C@@H]2CCC(O)C=C2c2nc(-c3ccccc3)c(-c3ccccc3)o2)c1.[Na]. The van der Waals surface area contributed by atoms with Crippen molar-refractivity contribution >= 4 is 41.1 Å². The molecule has 1 radical (unpaired) electrons. The number of allylic oxidation sites excluding steroid dienone is 1. The number of hydrogen-bond donors (Lipinski definition) is 1. The van der Waals surface area contributed by atoms with E-state index >= 15 is 0 Å². The molecular formula is C30H27NNaO5. The fraction of sp³-hybridized carbons (Fsp3) is 0.200. The van der Waals surface area contributed by atoms with Gasteiger partial charge in [0.1, 0.15) is 5.69 Å². The van der Waals surface area contributed by atoms with Crippen LogP contribution in [0.15, 0.2) is 95.4 Å². The molecule has 1 unspecified atom stereocenters. The van der Waals surface area contributed by atoms with Crippen LogP contribution in [-0.2, 0) is 16.1 Å². The average molecular weight is 505 g/mol. The zero-order chi connectivity index (χ0) is 24.9. The van der Waals surface area contributed by atoms with Gasteiger partial charge in [0, 0.05) is 53.2 Å². The van der Waals surface area contributed by atoms with E-state index in [2.05, 4.69) is 4.89 Å². The molecule has 1 aliphatic carbocycles. The van der Waals surface area contributed by atoms with E-state index in [1.165, 1.54) is 6.92 Å². The van der Waals surface area contributed by atoms with Crippen molar-refractivity contribution in [1.29, 1.82) is 0 Å². The van der Waals surface area contributed by atoms with Crippen LogP contribution in [-0.4, -0.2) is 51.7 Å². The summed E-state index contributed by atoms with van der Waals surface area (Å²) in [5, 5.41) is 10.5. The van der Waals surface area contributed by atoms with Gasteiger partial charge in [-0.25, -0.2) is 9.78 Å². The largest absolute Gasteiger partial charge is 0.436 e. The van der Waals surface area contributed by atoms with E-state index in [0.717, 1.165) is 34.4 Å². The maximum absolute atomic E-state index is 11.1. The third kappa shape index (κ3) is 6.59. The molecule has 0 spiro atoms. The summed E-state index contributed by atoms with van der Waals surface area (Å²) in [5.74, 6) is 1.25. The first-order valence-electron chi connectivity index (χ1n) is 12.0. The van der Waals surface area contributed by atoms with Gasteiger partial charge in [-0.1, -0.05) is 72.8 Å². The number of aromatic nitrogens is 1. The van der Waals surface area contributed by atoms with Gasteiger partial charge in [0.25, 0.3) is 0 Å². The van der Waals surface area contributed by atoms with Crippen molar-refractivity contribution in [3.63, 3.8) is 0 Å². The van der Waals surface area contributed by atoms with Gasteiger partial charge in [-0.05, 0) is 49.0 Å². The van der Waals surface area contributed by atoms with E-state index in [-0.39, 0.29) is 35.5 Å². The molecule has 5 rings (SSSR count). The van der Waals surface area contributed by atoms with Gasteiger partial charge in [-0.15, -0.1) is 0 Å². The van der Waals surface area contributed by atoms with Gasteiger partial charge < -0.3 is 9.52 Å². The molecule has 1 aliphatic rings. The molecule has 1 aromatic heterocycles.